The number of aromatic nitrogens is 2. The van der Waals surface area contributed by atoms with Crippen molar-refractivity contribution in [3.05, 3.63) is 168 Å². The highest BCUT2D eigenvalue weighted by Crippen LogP contribution is 2.53. The van der Waals surface area contributed by atoms with Crippen molar-refractivity contribution in [3.63, 3.8) is 0 Å². The summed E-state index contributed by atoms with van der Waals surface area (Å²) in [5, 5.41) is 2.68. The minimum absolute atomic E-state index is 0.0404. The van der Waals surface area contributed by atoms with Gasteiger partial charge in [-0.15, -0.1) is 0 Å². The molecule has 0 N–H and O–H groups in total. The topological polar surface area (TPSA) is 7.76 Å². The zero-order chi connectivity index (χ0) is 34.6. The number of hydrogen-bond acceptors (Lipinski definition) is 0. The molecule has 0 saturated heterocycles. The Labute approximate surface area is 301 Å². The zero-order valence-corrected chi connectivity index (χ0v) is 30.1. The Kier molecular flexibility index (Phi) is 6.35. The summed E-state index contributed by atoms with van der Waals surface area (Å²) in [7, 11) is 0. The molecule has 0 bridgehead atoms. The second-order valence-electron chi connectivity index (χ2n) is 16.3. The Balaban J connectivity index is 1.18. The first-order chi connectivity index (χ1) is 24.7. The third-order valence-electron chi connectivity index (χ3n) is 11.8. The second-order valence-corrected chi connectivity index (χ2v) is 16.3. The average molecular weight is 659 g/mol. The van der Waals surface area contributed by atoms with Crippen LogP contribution >= 0.6 is 0 Å². The first kappa shape index (κ1) is 30.2. The molecular formula is C49H42N2+2. The number of allylic oxidation sites excluding steroid dienone is 2. The monoisotopic (exact) mass is 658 g/mol. The van der Waals surface area contributed by atoms with E-state index in [4.69, 9.17) is 0 Å². The number of pyridine rings is 2. The van der Waals surface area contributed by atoms with Crippen molar-refractivity contribution in [1.82, 2.24) is 0 Å². The maximum Gasteiger partial charge on any atom is 0.259 e. The molecule has 246 valence electrons. The quantitative estimate of drug-likeness (QED) is 0.155. The van der Waals surface area contributed by atoms with Crippen LogP contribution in [0.5, 0.6) is 0 Å². The highest BCUT2D eigenvalue weighted by atomic mass is 15.1. The van der Waals surface area contributed by atoms with Crippen LogP contribution in [0.2, 0.25) is 0 Å². The summed E-state index contributed by atoms with van der Waals surface area (Å²) in [6, 6.07) is 47.9. The number of fused-ring (bicyclic) bond motifs is 11. The molecule has 2 nitrogen and oxygen atoms in total. The van der Waals surface area contributed by atoms with E-state index in [0.717, 1.165) is 12.8 Å². The third-order valence-corrected chi connectivity index (χ3v) is 11.8. The molecule has 0 saturated carbocycles. The Morgan fingerprint density at radius 1 is 0.529 bits per heavy atom. The zero-order valence-electron chi connectivity index (χ0n) is 30.1. The summed E-state index contributed by atoms with van der Waals surface area (Å²) in [4.78, 5) is 0. The smallest absolute Gasteiger partial charge is 0.158 e. The molecule has 51 heavy (non-hydrogen) atoms. The highest BCUT2D eigenvalue weighted by molar-refractivity contribution is 5.98. The van der Waals surface area contributed by atoms with E-state index in [1.165, 1.54) is 94.8 Å². The molecule has 0 unspecified atom stereocenters. The van der Waals surface area contributed by atoms with Gasteiger partial charge in [0, 0.05) is 29.7 Å². The van der Waals surface area contributed by atoms with Crippen LogP contribution < -0.4 is 9.13 Å². The fourth-order valence-corrected chi connectivity index (χ4v) is 9.17. The molecular weight excluding hydrogens is 617 g/mol. The lowest BCUT2D eigenvalue weighted by Gasteiger charge is -2.26. The van der Waals surface area contributed by atoms with E-state index in [9.17, 15) is 0 Å². The van der Waals surface area contributed by atoms with Crippen LogP contribution in [0.15, 0.2) is 140 Å². The van der Waals surface area contributed by atoms with Crippen molar-refractivity contribution < 1.29 is 9.13 Å². The van der Waals surface area contributed by atoms with Crippen LogP contribution in [0.1, 0.15) is 62.4 Å². The largest absolute Gasteiger partial charge is 0.259 e. The van der Waals surface area contributed by atoms with Gasteiger partial charge in [-0.1, -0.05) is 120 Å². The molecule has 4 heterocycles. The number of hydrogen-bond donors (Lipinski definition) is 0. The molecule has 0 atom stereocenters. The van der Waals surface area contributed by atoms with Gasteiger partial charge in [0.2, 0.25) is 11.4 Å². The van der Waals surface area contributed by atoms with Crippen molar-refractivity contribution in [2.24, 2.45) is 0 Å². The lowest BCUT2D eigenvalue weighted by atomic mass is 9.78. The van der Waals surface area contributed by atoms with Crippen LogP contribution in [0.25, 0.3) is 66.9 Å². The Morgan fingerprint density at radius 2 is 1.25 bits per heavy atom. The minimum Gasteiger partial charge on any atom is -0.158 e. The van der Waals surface area contributed by atoms with E-state index in [2.05, 4.69) is 184 Å². The van der Waals surface area contributed by atoms with E-state index in [1.54, 1.807) is 0 Å². The average Bonchev–Trinajstić information content (AvgIpc) is 3.38. The van der Waals surface area contributed by atoms with Gasteiger partial charge in [0.15, 0.2) is 12.4 Å². The summed E-state index contributed by atoms with van der Waals surface area (Å²) in [5.74, 6) is 0. The second kappa shape index (κ2) is 10.7. The molecule has 2 heteroatoms. The summed E-state index contributed by atoms with van der Waals surface area (Å²) in [6.45, 7) is 11.8. The van der Waals surface area contributed by atoms with Crippen LogP contribution in [-0.4, -0.2) is 0 Å². The van der Waals surface area contributed by atoms with Crippen molar-refractivity contribution in [1.29, 1.82) is 0 Å². The normalized spacial score (nSPS) is 16.5. The van der Waals surface area contributed by atoms with Gasteiger partial charge in [0.25, 0.3) is 11.4 Å². The van der Waals surface area contributed by atoms with Gasteiger partial charge in [-0.2, -0.15) is 9.13 Å². The number of nitrogens with zero attached hydrogens (tertiary/aromatic N) is 2. The van der Waals surface area contributed by atoms with Crippen molar-refractivity contribution in [2.45, 2.75) is 58.3 Å². The van der Waals surface area contributed by atoms with Gasteiger partial charge >= 0.3 is 0 Å². The van der Waals surface area contributed by atoms with Crippen LogP contribution in [-0.2, 0) is 23.7 Å². The SMILES string of the molecule is CC(C)(C)c1cc[n+]2c(c1)-c1cc(-c3ccccc3)ccc1C/C2=C1/Cc2cc3c(cc2-c2cccc[n+]21)-c1ccc2ccccc2c1C3(C)C. The molecule has 0 spiro atoms. The Hall–Kier alpha value is -5.60. The van der Waals surface area contributed by atoms with E-state index in [0.29, 0.717) is 0 Å². The van der Waals surface area contributed by atoms with Gasteiger partial charge in [-0.3, -0.25) is 0 Å². The third kappa shape index (κ3) is 4.49. The molecule has 0 radical (unpaired) electrons. The van der Waals surface area contributed by atoms with Crippen LogP contribution in [0.4, 0.5) is 0 Å². The van der Waals surface area contributed by atoms with Gasteiger partial charge in [0.05, 0.1) is 24.0 Å². The van der Waals surface area contributed by atoms with E-state index in [1.807, 2.05) is 0 Å². The first-order valence-corrected chi connectivity index (χ1v) is 18.4. The fourth-order valence-electron chi connectivity index (χ4n) is 9.17. The Bertz CT molecular complexity index is 2630. The fraction of sp³-hybridized carbons (Fsp3) is 0.184. The molecule has 2 aromatic heterocycles. The number of rotatable bonds is 1. The van der Waals surface area contributed by atoms with Crippen LogP contribution in [0, 0.1) is 0 Å². The van der Waals surface area contributed by atoms with Gasteiger partial charge in [0.1, 0.15) is 0 Å². The lowest BCUT2D eigenvalue weighted by molar-refractivity contribution is -0.602. The van der Waals surface area contributed by atoms with Crippen molar-refractivity contribution in [3.8, 4) is 44.8 Å². The van der Waals surface area contributed by atoms with E-state index >= 15 is 0 Å². The standard InChI is InChI=1S/C49H42N2/c1-48(2,3)36-22-24-51-44(29-36)39-25-33(31-13-7-6-8-14-31)18-19-34(39)27-45(51)46-28-35-26-42-41(30-40(35)43-17-11-12-23-50(43)46)38-21-20-32-15-9-10-16-37(32)47(38)49(42,4)5/h6-26,29-30H,27-28H2,1-5H3/q+2/b46-45+. The summed E-state index contributed by atoms with van der Waals surface area (Å²) < 4.78 is 4.97. The van der Waals surface area contributed by atoms with Gasteiger partial charge < -0.3 is 0 Å². The highest BCUT2D eigenvalue weighted by Gasteiger charge is 2.42. The lowest BCUT2D eigenvalue weighted by Crippen LogP contribution is -2.47. The maximum atomic E-state index is 2.55. The van der Waals surface area contributed by atoms with Crippen molar-refractivity contribution >= 4 is 22.2 Å². The van der Waals surface area contributed by atoms with Gasteiger partial charge in [-0.05, 0) is 84.5 Å². The first-order valence-electron chi connectivity index (χ1n) is 18.4. The van der Waals surface area contributed by atoms with Crippen molar-refractivity contribution in [2.75, 3.05) is 0 Å². The molecule has 2 aliphatic heterocycles. The number of benzene rings is 5. The molecule has 3 aliphatic rings. The van der Waals surface area contributed by atoms with E-state index in [-0.39, 0.29) is 10.8 Å². The molecule has 10 rings (SSSR count). The Morgan fingerprint density at radius 3 is 2.08 bits per heavy atom. The molecule has 5 aromatic carbocycles. The predicted octanol–water partition coefficient (Wildman–Crippen LogP) is 11.0. The predicted molar refractivity (Wildman–Crippen MR) is 210 cm³/mol. The molecule has 0 fully saturated rings. The maximum absolute atomic E-state index is 2.55. The molecule has 0 amide bonds. The summed E-state index contributed by atoms with van der Waals surface area (Å²) in [5.41, 5.74) is 20.1. The van der Waals surface area contributed by atoms with Crippen LogP contribution in [0.3, 0.4) is 0 Å². The minimum atomic E-state index is -0.0943. The molecule has 1 aliphatic carbocycles. The molecule has 7 aromatic rings. The van der Waals surface area contributed by atoms with Gasteiger partial charge in [-0.25, -0.2) is 0 Å². The van der Waals surface area contributed by atoms with E-state index < -0.39 is 0 Å². The summed E-state index contributed by atoms with van der Waals surface area (Å²) >= 11 is 0. The summed E-state index contributed by atoms with van der Waals surface area (Å²) in [6.07, 6.45) is 6.36.